The number of aryl methyl sites for hydroxylation is 1. The van der Waals surface area contributed by atoms with Crippen LogP contribution in [0.25, 0.3) is 5.65 Å². The second-order valence-electron chi connectivity index (χ2n) is 4.82. The van der Waals surface area contributed by atoms with Crippen LogP contribution < -0.4 is 4.90 Å². The number of fused-ring (bicyclic) bond motifs is 1. The number of rotatable bonds is 2. The van der Waals surface area contributed by atoms with Gasteiger partial charge in [-0.05, 0) is 13.8 Å². The lowest BCUT2D eigenvalue weighted by atomic mass is 10.2. The predicted octanol–water partition coefficient (Wildman–Crippen LogP) is 1.27. The van der Waals surface area contributed by atoms with Crippen molar-refractivity contribution in [2.75, 3.05) is 23.9 Å². The van der Waals surface area contributed by atoms with Crippen molar-refractivity contribution in [3.05, 3.63) is 18.2 Å². The number of morpholine rings is 1. The maximum Gasteiger partial charge on any atom is 0.203 e. The summed E-state index contributed by atoms with van der Waals surface area (Å²) in [6.07, 6.45) is 3.80. The number of alkyl halides is 1. The first kappa shape index (κ1) is 12.6. The molecule has 0 aromatic carbocycles. The molecule has 1 aliphatic heterocycles. The van der Waals surface area contributed by atoms with Crippen LogP contribution in [0.15, 0.2) is 12.4 Å². The van der Waals surface area contributed by atoms with Crippen molar-refractivity contribution in [2.45, 2.75) is 26.1 Å². The van der Waals surface area contributed by atoms with Crippen LogP contribution in [-0.4, -0.2) is 50.8 Å². The minimum atomic E-state index is 0.0245. The van der Waals surface area contributed by atoms with E-state index in [1.807, 2.05) is 24.4 Å². The number of nitrogens with zero attached hydrogens (tertiary/aromatic N) is 5. The molecule has 0 radical (unpaired) electrons. The maximum absolute atomic E-state index is 5.92. The summed E-state index contributed by atoms with van der Waals surface area (Å²) in [5, 5.41) is 8.30. The molecule has 3 rings (SSSR count). The normalized spacial score (nSPS) is 24.1. The molecule has 1 saturated heterocycles. The number of hydrogen-bond donors (Lipinski definition) is 0. The van der Waals surface area contributed by atoms with Gasteiger partial charge in [-0.15, -0.1) is 21.8 Å². The maximum atomic E-state index is 5.92. The fourth-order valence-electron chi connectivity index (χ4n) is 2.46. The Morgan fingerprint density at radius 1 is 1.42 bits per heavy atom. The number of anilines is 1. The van der Waals surface area contributed by atoms with Gasteiger partial charge in [0.05, 0.1) is 18.1 Å². The summed E-state index contributed by atoms with van der Waals surface area (Å²) in [4.78, 5) is 6.62. The lowest BCUT2D eigenvalue weighted by Crippen LogP contribution is -2.47. The first-order chi connectivity index (χ1) is 9.19. The third-order valence-electron chi connectivity index (χ3n) is 3.28. The van der Waals surface area contributed by atoms with Gasteiger partial charge < -0.3 is 9.64 Å². The summed E-state index contributed by atoms with van der Waals surface area (Å²) in [6.45, 7) is 5.48. The average Bonchev–Trinajstić information content (AvgIpc) is 2.80. The van der Waals surface area contributed by atoms with Crippen LogP contribution in [0.4, 0.5) is 5.82 Å². The number of aromatic nitrogens is 4. The van der Waals surface area contributed by atoms with Crippen molar-refractivity contribution in [3.63, 3.8) is 0 Å². The van der Waals surface area contributed by atoms with Crippen LogP contribution in [0.2, 0.25) is 0 Å². The molecule has 1 aliphatic rings. The summed E-state index contributed by atoms with van der Waals surface area (Å²) < 4.78 is 7.70. The number of ether oxygens (including phenoxy) is 1. The third kappa shape index (κ3) is 2.26. The van der Waals surface area contributed by atoms with Crippen LogP contribution in [0, 0.1) is 6.92 Å². The summed E-state index contributed by atoms with van der Waals surface area (Å²) in [7, 11) is 0. The fourth-order valence-corrected chi connectivity index (χ4v) is 2.63. The fraction of sp³-hybridized carbons (Fsp3) is 0.583. The Morgan fingerprint density at radius 3 is 3.05 bits per heavy atom. The van der Waals surface area contributed by atoms with Crippen LogP contribution in [0.1, 0.15) is 12.7 Å². The summed E-state index contributed by atoms with van der Waals surface area (Å²) in [5.41, 5.74) is 0.780. The molecule has 1 fully saturated rings. The van der Waals surface area contributed by atoms with Crippen LogP contribution in [-0.2, 0) is 4.74 Å². The second-order valence-corrected chi connectivity index (χ2v) is 5.13. The molecule has 0 bridgehead atoms. The monoisotopic (exact) mass is 281 g/mol. The van der Waals surface area contributed by atoms with Crippen molar-refractivity contribution in [3.8, 4) is 0 Å². The topological polar surface area (TPSA) is 55.5 Å². The van der Waals surface area contributed by atoms with E-state index in [0.717, 1.165) is 30.4 Å². The molecule has 2 unspecified atom stereocenters. The van der Waals surface area contributed by atoms with Gasteiger partial charge in [-0.25, -0.2) is 4.98 Å². The van der Waals surface area contributed by atoms with E-state index < -0.39 is 0 Å². The Balaban J connectivity index is 1.99. The summed E-state index contributed by atoms with van der Waals surface area (Å²) in [5.74, 6) is 2.18. The molecule has 0 aliphatic carbocycles. The Bertz CT molecular complexity index is 587. The molecule has 0 amide bonds. The van der Waals surface area contributed by atoms with Crippen molar-refractivity contribution in [1.82, 2.24) is 19.6 Å². The van der Waals surface area contributed by atoms with E-state index in [9.17, 15) is 0 Å². The molecule has 2 aromatic rings. The Kier molecular flexibility index (Phi) is 3.28. The van der Waals surface area contributed by atoms with E-state index in [1.165, 1.54) is 0 Å². The van der Waals surface area contributed by atoms with Gasteiger partial charge in [0, 0.05) is 25.5 Å². The van der Waals surface area contributed by atoms with Crippen molar-refractivity contribution >= 4 is 23.1 Å². The molecule has 7 heteroatoms. The smallest absolute Gasteiger partial charge is 0.203 e. The van der Waals surface area contributed by atoms with Crippen LogP contribution >= 0.6 is 11.6 Å². The zero-order valence-corrected chi connectivity index (χ0v) is 11.7. The van der Waals surface area contributed by atoms with Gasteiger partial charge in [-0.2, -0.15) is 0 Å². The van der Waals surface area contributed by atoms with Gasteiger partial charge in [0.1, 0.15) is 5.82 Å². The molecule has 102 valence electrons. The van der Waals surface area contributed by atoms with Gasteiger partial charge >= 0.3 is 0 Å². The lowest BCUT2D eigenvalue weighted by molar-refractivity contribution is -0.00350. The zero-order valence-electron chi connectivity index (χ0n) is 11.0. The standard InChI is InChI=1S/C12H16ClN5O/c1-8-6-17(7-10(5-13)19-8)11-12-16-15-9(2)18(12)4-3-14-11/h3-4,8,10H,5-7H2,1-2H3. The molecule has 19 heavy (non-hydrogen) atoms. The zero-order chi connectivity index (χ0) is 13.4. The molecular formula is C12H16ClN5O. The lowest BCUT2D eigenvalue weighted by Gasteiger charge is -2.36. The van der Waals surface area contributed by atoms with E-state index in [2.05, 4.69) is 20.1 Å². The van der Waals surface area contributed by atoms with E-state index in [-0.39, 0.29) is 12.2 Å². The Labute approximate surface area is 116 Å². The molecule has 2 atom stereocenters. The highest BCUT2D eigenvalue weighted by Gasteiger charge is 2.27. The minimum Gasteiger partial charge on any atom is -0.370 e. The number of hydrogen-bond acceptors (Lipinski definition) is 5. The summed E-state index contributed by atoms with van der Waals surface area (Å²) in [6, 6.07) is 0. The predicted molar refractivity (Wildman–Crippen MR) is 72.8 cm³/mol. The highest BCUT2D eigenvalue weighted by molar-refractivity contribution is 6.18. The molecule has 6 nitrogen and oxygen atoms in total. The van der Waals surface area contributed by atoms with E-state index in [4.69, 9.17) is 16.3 Å². The first-order valence-corrected chi connectivity index (χ1v) is 6.85. The van der Waals surface area contributed by atoms with Crippen LogP contribution in [0.3, 0.4) is 0 Å². The molecule has 2 aromatic heterocycles. The van der Waals surface area contributed by atoms with Gasteiger partial charge in [0.25, 0.3) is 0 Å². The highest BCUT2D eigenvalue weighted by atomic mass is 35.5. The largest absolute Gasteiger partial charge is 0.370 e. The van der Waals surface area contributed by atoms with E-state index in [0.29, 0.717) is 5.88 Å². The Hall–Kier alpha value is -1.40. The SMILES string of the molecule is Cc1nnc2c(N3CC(C)OC(CCl)C3)nccn12. The van der Waals surface area contributed by atoms with Crippen molar-refractivity contribution < 1.29 is 4.74 Å². The summed E-state index contributed by atoms with van der Waals surface area (Å²) >= 11 is 5.92. The van der Waals surface area contributed by atoms with E-state index >= 15 is 0 Å². The minimum absolute atomic E-state index is 0.0245. The van der Waals surface area contributed by atoms with Gasteiger partial charge in [-0.3, -0.25) is 4.40 Å². The third-order valence-corrected chi connectivity index (χ3v) is 3.62. The van der Waals surface area contributed by atoms with Gasteiger partial charge in [0.15, 0.2) is 5.82 Å². The quantitative estimate of drug-likeness (QED) is 0.776. The van der Waals surface area contributed by atoms with Gasteiger partial charge in [0.2, 0.25) is 5.65 Å². The van der Waals surface area contributed by atoms with Crippen molar-refractivity contribution in [2.24, 2.45) is 0 Å². The first-order valence-electron chi connectivity index (χ1n) is 6.31. The Morgan fingerprint density at radius 2 is 2.26 bits per heavy atom. The average molecular weight is 282 g/mol. The molecular weight excluding hydrogens is 266 g/mol. The number of halogens is 1. The molecule has 0 saturated carbocycles. The van der Waals surface area contributed by atoms with Gasteiger partial charge in [-0.1, -0.05) is 0 Å². The molecule has 0 spiro atoms. The molecule has 0 N–H and O–H groups in total. The molecule has 3 heterocycles. The second kappa shape index (κ2) is 4.94. The van der Waals surface area contributed by atoms with Crippen molar-refractivity contribution in [1.29, 1.82) is 0 Å². The highest BCUT2D eigenvalue weighted by Crippen LogP contribution is 2.22. The van der Waals surface area contributed by atoms with E-state index in [1.54, 1.807) is 6.20 Å². The van der Waals surface area contributed by atoms with Crippen LogP contribution in [0.5, 0.6) is 0 Å².